The average Bonchev–Trinajstić information content (AvgIpc) is 2.84. The lowest BCUT2D eigenvalue weighted by Crippen LogP contribution is -2.39. The summed E-state index contributed by atoms with van der Waals surface area (Å²) in [4.78, 5) is 22.5. The Morgan fingerprint density at radius 1 is 1.68 bits per heavy atom. The Hall–Kier alpha value is -1.59. The third-order valence-corrected chi connectivity index (χ3v) is 4.12. The molecule has 1 aromatic heterocycles. The van der Waals surface area contributed by atoms with Gasteiger partial charge in [0.1, 0.15) is 10.9 Å². The van der Waals surface area contributed by atoms with Gasteiger partial charge in [-0.1, -0.05) is 11.8 Å². The first-order valence-electron chi connectivity index (χ1n) is 5.08. The Morgan fingerprint density at radius 2 is 2.37 bits per heavy atom. The predicted octanol–water partition coefficient (Wildman–Crippen LogP) is -1.17. The number of primary sulfonamides is 1. The van der Waals surface area contributed by atoms with Crippen LogP contribution in [-0.2, 0) is 21.9 Å². The van der Waals surface area contributed by atoms with Crippen molar-refractivity contribution in [2.45, 2.75) is 10.9 Å². The summed E-state index contributed by atoms with van der Waals surface area (Å²) in [7, 11) is -2.49. The van der Waals surface area contributed by atoms with Gasteiger partial charge < -0.3 is 10.6 Å². The molecule has 0 radical (unpaired) electrons. The minimum absolute atomic E-state index is 0.152. The van der Waals surface area contributed by atoms with Gasteiger partial charge in [0.2, 0.25) is 15.9 Å². The zero-order valence-corrected chi connectivity index (χ0v) is 11.4. The van der Waals surface area contributed by atoms with Crippen LogP contribution in [0.5, 0.6) is 0 Å². The van der Waals surface area contributed by atoms with Gasteiger partial charge in [0, 0.05) is 19.0 Å². The van der Waals surface area contributed by atoms with Crippen LogP contribution in [0.3, 0.4) is 0 Å². The number of carbonyl (C=O) groups excluding carboxylic acids is 2. The first-order chi connectivity index (χ1) is 8.77. The molecule has 1 fully saturated rings. The number of hydrogen-bond donors (Lipinski definition) is 3. The summed E-state index contributed by atoms with van der Waals surface area (Å²) in [5.74, 6) is -0.412. The Bertz CT molecular complexity index is 638. The molecular formula is C8H11N5O4S2. The molecule has 104 valence electrons. The number of aryl methyl sites for hydroxylation is 1. The number of aromatic nitrogens is 2. The van der Waals surface area contributed by atoms with Crippen LogP contribution in [0.25, 0.3) is 0 Å². The first kappa shape index (κ1) is 13.8. The second kappa shape index (κ2) is 4.83. The highest BCUT2D eigenvalue weighted by Gasteiger charge is 2.30. The Labute approximate surface area is 113 Å². The number of amides is 2. The lowest BCUT2D eigenvalue weighted by molar-refractivity contribution is -0.117. The van der Waals surface area contributed by atoms with Gasteiger partial charge in [-0.2, -0.15) is 5.10 Å². The molecule has 9 nitrogen and oxygen atoms in total. The summed E-state index contributed by atoms with van der Waals surface area (Å²) in [5, 5.41) is 13.3. The van der Waals surface area contributed by atoms with Gasteiger partial charge in [-0.25, -0.2) is 13.6 Å². The van der Waals surface area contributed by atoms with E-state index in [1.54, 1.807) is 0 Å². The van der Waals surface area contributed by atoms with Crippen molar-refractivity contribution < 1.29 is 18.0 Å². The number of rotatable bonds is 3. The Kier molecular flexibility index (Phi) is 3.52. The topological polar surface area (TPSA) is 136 Å². The molecule has 1 aliphatic heterocycles. The SMILES string of the molecule is Cn1cc(S(N)(=O)=O)c(NC(=O)C2CSC(=O)N2)n1. The number of nitrogens with two attached hydrogens (primary N) is 1. The van der Waals surface area contributed by atoms with Crippen LogP contribution < -0.4 is 15.8 Å². The van der Waals surface area contributed by atoms with Gasteiger partial charge in [-0.3, -0.25) is 14.3 Å². The third kappa shape index (κ3) is 3.05. The monoisotopic (exact) mass is 305 g/mol. The van der Waals surface area contributed by atoms with E-state index >= 15 is 0 Å². The maximum absolute atomic E-state index is 11.8. The van der Waals surface area contributed by atoms with E-state index < -0.39 is 22.0 Å². The average molecular weight is 305 g/mol. The van der Waals surface area contributed by atoms with Crippen molar-refractivity contribution in [2.75, 3.05) is 11.1 Å². The van der Waals surface area contributed by atoms with E-state index in [-0.39, 0.29) is 21.7 Å². The first-order valence-corrected chi connectivity index (χ1v) is 7.61. The lowest BCUT2D eigenvalue weighted by atomic mass is 10.3. The molecule has 1 aliphatic rings. The highest BCUT2D eigenvalue weighted by atomic mass is 32.2. The molecule has 2 rings (SSSR count). The zero-order valence-electron chi connectivity index (χ0n) is 9.78. The van der Waals surface area contributed by atoms with Crippen LogP contribution in [0.15, 0.2) is 11.1 Å². The number of nitrogens with zero attached hydrogens (tertiary/aromatic N) is 2. The highest BCUT2D eigenvalue weighted by Crippen LogP contribution is 2.19. The molecule has 1 unspecified atom stereocenters. The van der Waals surface area contributed by atoms with Crippen LogP contribution in [-0.4, -0.2) is 41.1 Å². The molecule has 0 aromatic carbocycles. The molecule has 4 N–H and O–H groups in total. The summed E-state index contributed by atoms with van der Waals surface area (Å²) in [5.41, 5.74) is 0. The maximum atomic E-state index is 11.8. The minimum Gasteiger partial charge on any atom is -0.334 e. The van der Waals surface area contributed by atoms with Gasteiger partial charge in [-0.05, 0) is 0 Å². The van der Waals surface area contributed by atoms with Crippen LogP contribution in [0.2, 0.25) is 0 Å². The van der Waals surface area contributed by atoms with Crippen molar-refractivity contribution in [3.05, 3.63) is 6.20 Å². The third-order valence-electron chi connectivity index (χ3n) is 2.33. The standard InChI is InChI=1S/C8H11N5O4S2/c1-13-2-5(19(9,16)17)6(12-13)11-7(14)4-3-18-8(15)10-4/h2,4H,3H2,1H3,(H,10,15)(H2,9,16,17)(H,11,12,14). The summed E-state index contributed by atoms with van der Waals surface area (Å²) in [6.07, 6.45) is 1.19. The van der Waals surface area contributed by atoms with Crippen molar-refractivity contribution in [1.29, 1.82) is 0 Å². The van der Waals surface area contributed by atoms with Gasteiger partial charge in [-0.15, -0.1) is 0 Å². The van der Waals surface area contributed by atoms with E-state index in [4.69, 9.17) is 5.14 Å². The summed E-state index contributed by atoms with van der Waals surface area (Å²) in [6.45, 7) is 0. The van der Waals surface area contributed by atoms with Crippen molar-refractivity contribution in [3.63, 3.8) is 0 Å². The maximum Gasteiger partial charge on any atom is 0.279 e. The van der Waals surface area contributed by atoms with Crippen LogP contribution in [0.4, 0.5) is 10.6 Å². The molecule has 0 spiro atoms. The Balaban J connectivity index is 2.20. The second-order valence-electron chi connectivity index (χ2n) is 3.85. The molecule has 0 bridgehead atoms. The number of sulfonamides is 1. The minimum atomic E-state index is -3.98. The van der Waals surface area contributed by atoms with Crippen LogP contribution in [0, 0.1) is 0 Å². The molecule has 19 heavy (non-hydrogen) atoms. The lowest BCUT2D eigenvalue weighted by Gasteiger charge is -2.08. The van der Waals surface area contributed by atoms with E-state index in [1.165, 1.54) is 17.9 Å². The molecule has 2 heterocycles. The van der Waals surface area contributed by atoms with E-state index in [0.29, 0.717) is 0 Å². The summed E-state index contributed by atoms with van der Waals surface area (Å²) >= 11 is 0.980. The van der Waals surface area contributed by atoms with Crippen molar-refractivity contribution in [3.8, 4) is 0 Å². The molecule has 11 heteroatoms. The van der Waals surface area contributed by atoms with Crippen molar-refractivity contribution >= 4 is 38.7 Å². The van der Waals surface area contributed by atoms with Crippen LogP contribution in [0.1, 0.15) is 0 Å². The number of hydrogen-bond acceptors (Lipinski definition) is 6. The van der Waals surface area contributed by atoms with Crippen molar-refractivity contribution in [1.82, 2.24) is 15.1 Å². The van der Waals surface area contributed by atoms with E-state index in [1.807, 2.05) is 0 Å². The van der Waals surface area contributed by atoms with E-state index in [2.05, 4.69) is 15.7 Å². The fraction of sp³-hybridized carbons (Fsp3) is 0.375. The summed E-state index contributed by atoms with van der Waals surface area (Å²) < 4.78 is 23.9. The fourth-order valence-electron chi connectivity index (χ4n) is 1.49. The molecule has 1 atom stereocenters. The van der Waals surface area contributed by atoms with Gasteiger partial charge in [0.25, 0.3) is 5.24 Å². The van der Waals surface area contributed by atoms with E-state index in [9.17, 15) is 18.0 Å². The molecule has 1 aromatic rings. The number of nitrogens with one attached hydrogen (secondary N) is 2. The Morgan fingerprint density at radius 3 is 2.89 bits per heavy atom. The smallest absolute Gasteiger partial charge is 0.279 e. The molecule has 0 aliphatic carbocycles. The highest BCUT2D eigenvalue weighted by molar-refractivity contribution is 8.14. The number of carbonyl (C=O) groups is 2. The van der Waals surface area contributed by atoms with Gasteiger partial charge >= 0.3 is 0 Å². The molecule has 1 saturated heterocycles. The largest absolute Gasteiger partial charge is 0.334 e. The molecule has 0 saturated carbocycles. The quantitative estimate of drug-likeness (QED) is 0.643. The zero-order chi connectivity index (χ0) is 14.2. The number of anilines is 1. The fourth-order valence-corrected chi connectivity index (χ4v) is 2.93. The number of thioether (sulfide) groups is 1. The van der Waals surface area contributed by atoms with Crippen molar-refractivity contribution in [2.24, 2.45) is 12.2 Å². The van der Waals surface area contributed by atoms with Gasteiger partial charge in [0.05, 0.1) is 0 Å². The summed E-state index contributed by atoms with van der Waals surface area (Å²) in [6, 6.07) is -0.715. The van der Waals surface area contributed by atoms with Crippen LogP contribution >= 0.6 is 11.8 Å². The normalized spacial score (nSPS) is 19.3. The van der Waals surface area contributed by atoms with Gasteiger partial charge in [0.15, 0.2) is 5.82 Å². The molecule has 2 amide bonds. The second-order valence-corrected chi connectivity index (χ2v) is 6.37. The predicted molar refractivity (Wildman–Crippen MR) is 68.0 cm³/mol. The van der Waals surface area contributed by atoms with E-state index in [0.717, 1.165) is 11.8 Å². The molecular weight excluding hydrogens is 294 g/mol.